The molecule has 120 valence electrons. The standard InChI is InChI=1S/C22H17N2O/c1-14-17-13-23-11-10-15(17)21-16-7-3-4-9-19(16)25-22(21)20(14)18-8-5-6-12-24(18)2/h3-13H,1-2H3/q+1. The molecule has 0 aliphatic carbocycles. The van der Waals surface area contributed by atoms with Gasteiger partial charge in [-0.25, -0.2) is 4.57 Å². The lowest BCUT2D eigenvalue weighted by Crippen LogP contribution is -2.30. The summed E-state index contributed by atoms with van der Waals surface area (Å²) in [7, 11) is 2.07. The number of pyridine rings is 2. The maximum atomic E-state index is 6.35. The summed E-state index contributed by atoms with van der Waals surface area (Å²) >= 11 is 0. The van der Waals surface area contributed by atoms with Crippen LogP contribution < -0.4 is 4.57 Å². The lowest BCUT2D eigenvalue weighted by atomic mass is 9.94. The molecule has 0 bridgehead atoms. The summed E-state index contributed by atoms with van der Waals surface area (Å²) in [5.41, 5.74) is 5.32. The van der Waals surface area contributed by atoms with Gasteiger partial charge in [0, 0.05) is 40.7 Å². The fraction of sp³-hybridized carbons (Fsp3) is 0.0909. The second-order valence-corrected chi connectivity index (χ2v) is 6.42. The molecular formula is C22H17N2O+. The van der Waals surface area contributed by atoms with Gasteiger partial charge >= 0.3 is 0 Å². The van der Waals surface area contributed by atoms with Gasteiger partial charge in [-0.1, -0.05) is 18.2 Å². The number of hydrogen-bond donors (Lipinski definition) is 0. The molecule has 25 heavy (non-hydrogen) atoms. The van der Waals surface area contributed by atoms with E-state index in [0.717, 1.165) is 33.2 Å². The lowest BCUT2D eigenvalue weighted by molar-refractivity contribution is -0.660. The molecule has 0 spiro atoms. The van der Waals surface area contributed by atoms with E-state index < -0.39 is 0 Å². The zero-order valence-electron chi connectivity index (χ0n) is 14.2. The van der Waals surface area contributed by atoms with E-state index >= 15 is 0 Å². The van der Waals surface area contributed by atoms with Crippen molar-refractivity contribution >= 4 is 32.7 Å². The van der Waals surface area contributed by atoms with Gasteiger partial charge in [-0.3, -0.25) is 4.98 Å². The van der Waals surface area contributed by atoms with Crippen LogP contribution in [-0.4, -0.2) is 4.98 Å². The van der Waals surface area contributed by atoms with Crippen molar-refractivity contribution in [1.82, 2.24) is 4.98 Å². The molecule has 3 heteroatoms. The summed E-state index contributed by atoms with van der Waals surface area (Å²) in [5, 5.41) is 4.67. The fourth-order valence-electron chi connectivity index (χ4n) is 3.80. The molecule has 0 aliphatic heterocycles. The maximum absolute atomic E-state index is 6.35. The molecule has 0 fully saturated rings. The fourth-order valence-corrected chi connectivity index (χ4v) is 3.80. The van der Waals surface area contributed by atoms with Gasteiger partial charge in [0.05, 0.1) is 5.56 Å². The molecule has 2 aromatic carbocycles. The SMILES string of the molecule is Cc1c(-c2cccc[n+]2C)c2oc3ccccc3c2c2ccncc12. The van der Waals surface area contributed by atoms with Gasteiger partial charge in [-0.2, -0.15) is 0 Å². The Bertz CT molecular complexity index is 1270. The molecule has 0 amide bonds. The molecule has 5 rings (SSSR count). The Morgan fingerprint density at radius 2 is 1.76 bits per heavy atom. The number of para-hydroxylation sites is 1. The summed E-state index contributed by atoms with van der Waals surface area (Å²) in [6, 6.07) is 16.6. The van der Waals surface area contributed by atoms with Crippen LogP contribution in [0.3, 0.4) is 0 Å². The second-order valence-electron chi connectivity index (χ2n) is 6.42. The average molecular weight is 325 g/mol. The largest absolute Gasteiger partial charge is 0.455 e. The zero-order chi connectivity index (χ0) is 17.0. The van der Waals surface area contributed by atoms with Crippen LogP contribution in [0.25, 0.3) is 44.0 Å². The van der Waals surface area contributed by atoms with E-state index in [0.29, 0.717) is 0 Å². The topological polar surface area (TPSA) is 29.9 Å². The van der Waals surface area contributed by atoms with Gasteiger partial charge in [0.25, 0.3) is 0 Å². The van der Waals surface area contributed by atoms with E-state index in [9.17, 15) is 0 Å². The zero-order valence-corrected chi connectivity index (χ0v) is 14.2. The van der Waals surface area contributed by atoms with Gasteiger partial charge in [-0.15, -0.1) is 0 Å². The van der Waals surface area contributed by atoms with Gasteiger partial charge in [0.15, 0.2) is 6.20 Å². The molecule has 0 atom stereocenters. The molecule has 5 aromatic rings. The third-order valence-corrected chi connectivity index (χ3v) is 5.00. The molecule has 0 saturated heterocycles. The Labute approximate surface area is 145 Å². The minimum atomic E-state index is 0.918. The van der Waals surface area contributed by atoms with Crippen LogP contribution in [0.4, 0.5) is 0 Å². The van der Waals surface area contributed by atoms with Crippen LogP contribution >= 0.6 is 0 Å². The molecular weight excluding hydrogens is 308 g/mol. The molecule has 3 nitrogen and oxygen atoms in total. The Kier molecular flexibility index (Phi) is 2.92. The van der Waals surface area contributed by atoms with Crippen LogP contribution in [0.1, 0.15) is 5.56 Å². The van der Waals surface area contributed by atoms with E-state index in [1.54, 1.807) is 0 Å². The predicted octanol–water partition coefficient (Wildman–Crippen LogP) is 4.93. The van der Waals surface area contributed by atoms with Crippen molar-refractivity contribution in [2.75, 3.05) is 0 Å². The normalized spacial score (nSPS) is 11.6. The Balaban J connectivity index is 2.10. The first-order valence-electron chi connectivity index (χ1n) is 8.38. The van der Waals surface area contributed by atoms with Crippen LogP contribution in [0.2, 0.25) is 0 Å². The number of rotatable bonds is 1. The first-order valence-corrected chi connectivity index (χ1v) is 8.38. The van der Waals surface area contributed by atoms with Crippen molar-refractivity contribution in [3.05, 3.63) is 72.7 Å². The van der Waals surface area contributed by atoms with E-state index in [-0.39, 0.29) is 0 Å². The van der Waals surface area contributed by atoms with Gasteiger partial charge in [-0.05, 0) is 36.1 Å². The Morgan fingerprint density at radius 1 is 0.920 bits per heavy atom. The molecule has 0 unspecified atom stereocenters. The Hall–Kier alpha value is -3.20. The first-order chi connectivity index (χ1) is 12.3. The number of furan rings is 1. The third-order valence-electron chi connectivity index (χ3n) is 5.00. The summed E-state index contributed by atoms with van der Waals surface area (Å²) in [6.07, 6.45) is 5.88. The predicted molar refractivity (Wildman–Crippen MR) is 100 cm³/mol. The highest BCUT2D eigenvalue weighted by Crippen LogP contribution is 2.42. The highest BCUT2D eigenvalue weighted by molar-refractivity contribution is 6.23. The van der Waals surface area contributed by atoms with Crippen LogP contribution in [0.15, 0.2) is 71.5 Å². The van der Waals surface area contributed by atoms with Gasteiger partial charge < -0.3 is 4.42 Å². The van der Waals surface area contributed by atoms with E-state index in [1.165, 1.54) is 16.3 Å². The van der Waals surface area contributed by atoms with Crippen molar-refractivity contribution in [3.63, 3.8) is 0 Å². The molecule has 3 aromatic heterocycles. The smallest absolute Gasteiger partial charge is 0.216 e. The van der Waals surface area contributed by atoms with Crippen LogP contribution in [0, 0.1) is 6.92 Å². The highest BCUT2D eigenvalue weighted by atomic mass is 16.3. The van der Waals surface area contributed by atoms with Crippen LogP contribution in [0.5, 0.6) is 0 Å². The summed E-state index contributed by atoms with van der Waals surface area (Å²) in [5.74, 6) is 0. The third kappa shape index (κ3) is 1.92. The monoisotopic (exact) mass is 325 g/mol. The number of aromatic nitrogens is 2. The molecule has 0 saturated carbocycles. The summed E-state index contributed by atoms with van der Waals surface area (Å²) in [4.78, 5) is 4.36. The average Bonchev–Trinajstić information content (AvgIpc) is 3.02. The number of nitrogens with zero attached hydrogens (tertiary/aromatic N) is 2. The molecule has 0 aliphatic rings. The van der Waals surface area contributed by atoms with Gasteiger partial charge in [0.1, 0.15) is 18.2 Å². The van der Waals surface area contributed by atoms with Crippen molar-refractivity contribution < 1.29 is 8.98 Å². The quantitative estimate of drug-likeness (QED) is 0.409. The number of aryl methyl sites for hydroxylation is 2. The molecule has 0 N–H and O–H groups in total. The molecule has 3 heterocycles. The van der Waals surface area contributed by atoms with Crippen molar-refractivity contribution in [3.8, 4) is 11.3 Å². The Morgan fingerprint density at radius 3 is 2.64 bits per heavy atom. The number of benzene rings is 2. The first kappa shape index (κ1) is 14.2. The summed E-state index contributed by atoms with van der Waals surface area (Å²) in [6.45, 7) is 2.15. The van der Waals surface area contributed by atoms with E-state index in [1.807, 2.05) is 30.6 Å². The van der Waals surface area contributed by atoms with Crippen molar-refractivity contribution in [1.29, 1.82) is 0 Å². The van der Waals surface area contributed by atoms with Gasteiger partial charge in [0.2, 0.25) is 5.69 Å². The van der Waals surface area contributed by atoms with Crippen LogP contribution in [-0.2, 0) is 7.05 Å². The maximum Gasteiger partial charge on any atom is 0.216 e. The van der Waals surface area contributed by atoms with Crippen molar-refractivity contribution in [2.24, 2.45) is 7.05 Å². The minimum absolute atomic E-state index is 0.918. The lowest BCUT2D eigenvalue weighted by Gasteiger charge is -2.09. The number of fused-ring (bicyclic) bond motifs is 5. The van der Waals surface area contributed by atoms with E-state index in [2.05, 4.69) is 60.1 Å². The minimum Gasteiger partial charge on any atom is -0.455 e. The summed E-state index contributed by atoms with van der Waals surface area (Å²) < 4.78 is 8.48. The highest BCUT2D eigenvalue weighted by Gasteiger charge is 2.23. The van der Waals surface area contributed by atoms with Crippen molar-refractivity contribution in [2.45, 2.75) is 6.92 Å². The molecule has 0 radical (unpaired) electrons. The van der Waals surface area contributed by atoms with E-state index in [4.69, 9.17) is 4.42 Å². The second kappa shape index (κ2) is 5.15. The number of hydrogen-bond acceptors (Lipinski definition) is 2.